The van der Waals surface area contributed by atoms with Crippen molar-refractivity contribution in [2.45, 2.75) is 31.3 Å². The van der Waals surface area contributed by atoms with Crippen LogP contribution in [-0.2, 0) is 4.79 Å². The number of benzene rings is 1. The smallest absolute Gasteiger partial charge is 0.139 e. The van der Waals surface area contributed by atoms with E-state index in [0.717, 1.165) is 18.5 Å². The number of fused-ring (bicyclic) bond motifs is 3. The molecular formula is C14H18N2O. The molecule has 1 aliphatic carbocycles. The number of Topliss-reactive ketones (excluding diaryl/α,β-unsaturated/α-hetero) is 1. The van der Waals surface area contributed by atoms with Crippen molar-refractivity contribution in [3.05, 3.63) is 29.8 Å². The Bertz CT molecular complexity index is 440. The molecule has 17 heavy (non-hydrogen) atoms. The highest BCUT2D eigenvalue weighted by Gasteiger charge is 2.45. The molecule has 3 atom stereocenters. The minimum Gasteiger partial charge on any atom is -0.399 e. The molecule has 3 aliphatic rings. The van der Waals surface area contributed by atoms with Crippen LogP contribution in [0.15, 0.2) is 24.3 Å². The summed E-state index contributed by atoms with van der Waals surface area (Å²) in [4.78, 5) is 14.4. The molecule has 4 rings (SSSR count). The van der Waals surface area contributed by atoms with Gasteiger partial charge in [-0.25, -0.2) is 0 Å². The van der Waals surface area contributed by atoms with Gasteiger partial charge in [-0.05, 0) is 37.6 Å². The van der Waals surface area contributed by atoms with E-state index >= 15 is 0 Å². The highest BCUT2D eigenvalue weighted by atomic mass is 16.1. The number of hydrogen-bond acceptors (Lipinski definition) is 3. The van der Waals surface area contributed by atoms with Crippen molar-refractivity contribution in [3.63, 3.8) is 0 Å². The van der Waals surface area contributed by atoms with E-state index in [0.29, 0.717) is 11.8 Å². The molecule has 0 aromatic heterocycles. The largest absolute Gasteiger partial charge is 0.399 e. The highest BCUT2D eigenvalue weighted by molar-refractivity contribution is 5.84. The van der Waals surface area contributed by atoms with E-state index in [-0.39, 0.29) is 12.0 Å². The lowest BCUT2D eigenvalue weighted by molar-refractivity contribution is -0.136. The van der Waals surface area contributed by atoms with E-state index in [4.69, 9.17) is 5.73 Å². The molecule has 2 N–H and O–H groups in total. The SMILES string of the molecule is CN1C2CCC(C(=O)C2)C1c1ccc(N)cc1. The van der Waals surface area contributed by atoms with Crippen molar-refractivity contribution in [1.29, 1.82) is 0 Å². The molecule has 3 fully saturated rings. The van der Waals surface area contributed by atoms with Crippen molar-refractivity contribution >= 4 is 11.5 Å². The van der Waals surface area contributed by atoms with E-state index in [1.54, 1.807) is 0 Å². The fourth-order valence-electron chi connectivity index (χ4n) is 3.37. The van der Waals surface area contributed by atoms with Gasteiger partial charge in [0.15, 0.2) is 0 Å². The van der Waals surface area contributed by atoms with Gasteiger partial charge >= 0.3 is 0 Å². The lowest BCUT2D eigenvalue weighted by atomic mass is 9.72. The highest BCUT2D eigenvalue weighted by Crippen LogP contribution is 2.44. The van der Waals surface area contributed by atoms with Crippen LogP contribution in [-0.4, -0.2) is 23.8 Å². The number of nitrogens with zero attached hydrogens (tertiary/aromatic N) is 1. The van der Waals surface area contributed by atoms with E-state index in [2.05, 4.69) is 24.1 Å². The Morgan fingerprint density at radius 2 is 1.94 bits per heavy atom. The normalized spacial score (nSPS) is 33.0. The fraction of sp³-hybridized carbons (Fsp3) is 0.500. The second kappa shape index (κ2) is 3.84. The zero-order valence-electron chi connectivity index (χ0n) is 10.1. The quantitative estimate of drug-likeness (QED) is 0.750. The van der Waals surface area contributed by atoms with Gasteiger partial charge in [0.05, 0.1) is 0 Å². The number of anilines is 1. The summed E-state index contributed by atoms with van der Waals surface area (Å²) < 4.78 is 0. The zero-order chi connectivity index (χ0) is 12.0. The Kier molecular flexibility index (Phi) is 2.44. The first-order chi connectivity index (χ1) is 8.16. The predicted octanol–water partition coefficient (Wildman–Crippen LogP) is 1.99. The molecule has 3 nitrogen and oxygen atoms in total. The summed E-state index contributed by atoms with van der Waals surface area (Å²) >= 11 is 0. The number of carbonyl (C=O) groups is 1. The molecule has 3 heteroatoms. The molecule has 1 saturated carbocycles. The summed E-state index contributed by atoms with van der Waals surface area (Å²) in [6.45, 7) is 0. The molecule has 1 aromatic rings. The van der Waals surface area contributed by atoms with Gasteiger partial charge in [0, 0.05) is 30.1 Å². The van der Waals surface area contributed by atoms with Crippen LogP contribution >= 0.6 is 0 Å². The second-order valence-corrected chi connectivity index (χ2v) is 5.29. The third kappa shape index (κ3) is 1.65. The molecular weight excluding hydrogens is 212 g/mol. The fourth-order valence-corrected chi connectivity index (χ4v) is 3.37. The maximum absolute atomic E-state index is 12.0. The van der Waals surface area contributed by atoms with Crippen molar-refractivity contribution in [2.24, 2.45) is 5.92 Å². The summed E-state index contributed by atoms with van der Waals surface area (Å²) in [5.41, 5.74) is 7.72. The molecule has 0 amide bonds. The molecule has 2 aliphatic heterocycles. The van der Waals surface area contributed by atoms with Crippen LogP contribution in [0.3, 0.4) is 0 Å². The van der Waals surface area contributed by atoms with Gasteiger partial charge in [-0.3, -0.25) is 9.69 Å². The number of nitrogen functional groups attached to an aromatic ring is 1. The summed E-state index contributed by atoms with van der Waals surface area (Å²) in [5.74, 6) is 0.634. The number of piperidine rings is 2. The first-order valence-electron chi connectivity index (χ1n) is 6.27. The third-order valence-electron chi connectivity index (χ3n) is 4.34. The number of ketones is 1. The van der Waals surface area contributed by atoms with Gasteiger partial charge in [-0.2, -0.15) is 0 Å². The van der Waals surface area contributed by atoms with Gasteiger partial charge in [-0.1, -0.05) is 12.1 Å². The average Bonchev–Trinajstić information content (AvgIpc) is 2.32. The van der Waals surface area contributed by atoms with Crippen LogP contribution in [0.2, 0.25) is 0 Å². The second-order valence-electron chi connectivity index (χ2n) is 5.29. The molecule has 2 bridgehead atoms. The minimum atomic E-state index is 0.189. The Labute approximate surface area is 102 Å². The summed E-state index contributed by atoms with van der Waals surface area (Å²) in [6, 6.07) is 8.67. The van der Waals surface area contributed by atoms with Crippen LogP contribution in [0.1, 0.15) is 30.9 Å². The Morgan fingerprint density at radius 1 is 1.24 bits per heavy atom. The van der Waals surface area contributed by atoms with E-state index < -0.39 is 0 Å². The lowest BCUT2D eigenvalue weighted by Crippen LogP contribution is -2.52. The Balaban J connectivity index is 1.96. The maximum atomic E-state index is 12.0. The molecule has 2 heterocycles. The van der Waals surface area contributed by atoms with Crippen LogP contribution in [0.25, 0.3) is 0 Å². The van der Waals surface area contributed by atoms with E-state index in [1.165, 1.54) is 12.0 Å². The topological polar surface area (TPSA) is 46.3 Å². The van der Waals surface area contributed by atoms with Crippen molar-refractivity contribution in [3.8, 4) is 0 Å². The average molecular weight is 230 g/mol. The van der Waals surface area contributed by atoms with Gasteiger partial charge in [0.25, 0.3) is 0 Å². The van der Waals surface area contributed by atoms with E-state index in [1.807, 2.05) is 12.1 Å². The van der Waals surface area contributed by atoms with Crippen LogP contribution in [0.4, 0.5) is 5.69 Å². The standard InChI is InChI=1S/C14H18N2O/c1-16-11-6-7-12(13(17)8-11)14(16)9-2-4-10(15)5-3-9/h2-5,11-12,14H,6-8,15H2,1H3. The number of hydrogen-bond donors (Lipinski definition) is 1. The minimum absolute atomic E-state index is 0.189. The number of nitrogens with two attached hydrogens (primary N) is 1. The summed E-state index contributed by atoms with van der Waals surface area (Å²) in [6.07, 6.45) is 2.95. The maximum Gasteiger partial charge on any atom is 0.139 e. The van der Waals surface area contributed by atoms with Crippen LogP contribution in [0.5, 0.6) is 0 Å². The third-order valence-corrected chi connectivity index (χ3v) is 4.34. The summed E-state index contributed by atoms with van der Waals surface area (Å²) in [5, 5.41) is 0. The first-order valence-corrected chi connectivity index (χ1v) is 6.27. The molecule has 0 spiro atoms. The monoisotopic (exact) mass is 230 g/mol. The Hall–Kier alpha value is -1.35. The van der Waals surface area contributed by atoms with Gasteiger partial charge in [-0.15, -0.1) is 0 Å². The van der Waals surface area contributed by atoms with Gasteiger partial charge in [0.1, 0.15) is 5.78 Å². The predicted molar refractivity (Wildman–Crippen MR) is 67.5 cm³/mol. The van der Waals surface area contributed by atoms with E-state index in [9.17, 15) is 4.79 Å². The van der Waals surface area contributed by atoms with Crippen LogP contribution < -0.4 is 5.73 Å². The molecule has 0 radical (unpaired) electrons. The molecule has 90 valence electrons. The molecule has 1 aromatic carbocycles. The van der Waals surface area contributed by atoms with Crippen molar-refractivity contribution in [2.75, 3.05) is 12.8 Å². The lowest BCUT2D eigenvalue weighted by Gasteiger charge is -2.49. The van der Waals surface area contributed by atoms with Gasteiger partial charge < -0.3 is 5.73 Å². The molecule has 2 saturated heterocycles. The van der Waals surface area contributed by atoms with Gasteiger partial charge in [0.2, 0.25) is 0 Å². The molecule has 3 unspecified atom stereocenters. The Morgan fingerprint density at radius 3 is 2.59 bits per heavy atom. The first kappa shape index (κ1) is 10.8. The number of carbonyl (C=O) groups excluding carboxylic acids is 1. The van der Waals surface area contributed by atoms with Crippen LogP contribution in [0, 0.1) is 5.92 Å². The van der Waals surface area contributed by atoms with Crippen molar-refractivity contribution < 1.29 is 4.79 Å². The zero-order valence-corrected chi connectivity index (χ0v) is 10.1. The van der Waals surface area contributed by atoms with Crippen molar-refractivity contribution in [1.82, 2.24) is 4.90 Å². The summed E-state index contributed by atoms with van der Waals surface area (Å²) in [7, 11) is 2.14. The number of rotatable bonds is 1.